The molecule has 0 bridgehead atoms. The lowest BCUT2D eigenvalue weighted by molar-refractivity contribution is -0.139. The van der Waals surface area contributed by atoms with Gasteiger partial charge in [0.25, 0.3) is 0 Å². The van der Waals surface area contributed by atoms with Crippen molar-refractivity contribution in [3.63, 3.8) is 0 Å². The van der Waals surface area contributed by atoms with Gasteiger partial charge in [0.2, 0.25) is 11.8 Å². The van der Waals surface area contributed by atoms with Gasteiger partial charge < -0.3 is 34.6 Å². The first-order valence-electron chi connectivity index (χ1n) is 14.5. The van der Waals surface area contributed by atoms with Crippen molar-refractivity contribution in [1.82, 2.24) is 10.2 Å². The van der Waals surface area contributed by atoms with Gasteiger partial charge in [-0.1, -0.05) is 25.7 Å². The van der Waals surface area contributed by atoms with Crippen LogP contribution >= 0.6 is 0 Å². The molecule has 1 aromatic rings. The van der Waals surface area contributed by atoms with Gasteiger partial charge in [-0.05, 0) is 43.4 Å². The molecule has 0 aromatic heterocycles. The van der Waals surface area contributed by atoms with Crippen LogP contribution in [-0.4, -0.2) is 91.0 Å². The molecule has 3 N–H and O–H groups in total. The molecule has 5 rings (SSSR count). The number of nitrogens with zero attached hydrogens (tertiary/aromatic N) is 1. The first-order chi connectivity index (χ1) is 19.4. The summed E-state index contributed by atoms with van der Waals surface area (Å²) in [5, 5.41) is 23.8. The number of hydrogen-bond donors (Lipinski definition) is 3. The van der Waals surface area contributed by atoms with Crippen LogP contribution in [0.2, 0.25) is 0 Å². The molecule has 10 heteroatoms. The van der Waals surface area contributed by atoms with Crippen molar-refractivity contribution in [3.05, 3.63) is 34.9 Å². The Morgan fingerprint density at radius 1 is 1.20 bits per heavy atom. The number of carbonyl (C=O) groups excluding carboxylic acids is 3. The highest BCUT2D eigenvalue weighted by Crippen LogP contribution is 2.51. The monoisotopic (exact) mass is 556 g/mol. The third kappa shape index (κ3) is 5.75. The molecule has 0 radical (unpaired) electrons. The topological polar surface area (TPSA) is 135 Å². The van der Waals surface area contributed by atoms with Gasteiger partial charge in [0.05, 0.1) is 31.8 Å². The molecular weight excluding hydrogens is 516 g/mol. The molecule has 2 aliphatic carbocycles. The smallest absolute Gasteiger partial charge is 0.247 e. The molecule has 40 heavy (non-hydrogen) atoms. The highest BCUT2D eigenvalue weighted by atomic mass is 16.5. The van der Waals surface area contributed by atoms with Gasteiger partial charge in [-0.15, -0.1) is 0 Å². The maximum atomic E-state index is 13.8. The molecule has 10 nitrogen and oxygen atoms in total. The van der Waals surface area contributed by atoms with Crippen LogP contribution in [0.25, 0.3) is 0 Å². The number of benzene rings is 1. The molecule has 0 spiro atoms. The first kappa shape index (κ1) is 28.6. The Morgan fingerprint density at radius 2 is 2.00 bits per heavy atom. The molecular formula is C30H40N2O8. The van der Waals surface area contributed by atoms with Gasteiger partial charge in [-0.2, -0.15) is 0 Å². The molecule has 2 aliphatic heterocycles. The second kappa shape index (κ2) is 12.7. The van der Waals surface area contributed by atoms with Crippen molar-refractivity contribution in [2.24, 2.45) is 5.92 Å². The Bertz CT molecular complexity index is 1120. The zero-order chi connectivity index (χ0) is 28.2. The minimum Gasteiger partial charge on any atom is -0.493 e. The van der Waals surface area contributed by atoms with Gasteiger partial charge in [0.1, 0.15) is 18.5 Å². The van der Waals surface area contributed by atoms with E-state index in [-0.39, 0.29) is 25.2 Å². The van der Waals surface area contributed by atoms with Gasteiger partial charge >= 0.3 is 0 Å². The quantitative estimate of drug-likeness (QED) is 0.353. The van der Waals surface area contributed by atoms with E-state index in [4.69, 9.17) is 14.2 Å². The Kier molecular flexibility index (Phi) is 9.07. The van der Waals surface area contributed by atoms with Gasteiger partial charge in [-0.25, -0.2) is 0 Å². The predicted molar refractivity (Wildman–Crippen MR) is 145 cm³/mol. The van der Waals surface area contributed by atoms with Crippen LogP contribution in [0.3, 0.4) is 0 Å². The molecule has 2 fully saturated rings. The molecule has 1 saturated carbocycles. The van der Waals surface area contributed by atoms with Crippen LogP contribution < -0.4 is 14.8 Å². The zero-order valence-electron chi connectivity index (χ0n) is 23.0. The predicted octanol–water partition coefficient (Wildman–Crippen LogP) is 2.11. The van der Waals surface area contributed by atoms with Gasteiger partial charge in [-0.3, -0.25) is 14.4 Å². The molecule has 1 aromatic carbocycles. The van der Waals surface area contributed by atoms with E-state index in [1.165, 1.54) is 20.0 Å². The van der Waals surface area contributed by atoms with Crippen molar-refractivity contribution in [2.75, 3.05) is 33.4 Å². The molecule has 4 aliphatic rings. The Hall–Kier alpha value is -2.95. The van der Waals surface area contributed by atoms with Crippen LogP contribution in [0.15, 0.2) is 23.8 Å². The minimum atomic E-state index is -1.15. The number of rotatable bonds is 11. The first-order valence-corrected chi connectivity index (χ1v) is 14.5. The molecule has 2 heterocycles. The minimum absolute atomic E-state index is 0.0478. The normalized spacial score (nSPS) is 27.4. The van der Waals surface area contributed by atoms with E-state index in [0.717, 1.165) is 32.1 Å². The number of aldehydes is 1. The number of nitrogens with one attached hydrogen (secondary N) is 1. The fourth-order valence-electron chi connectivity index (χ4n) is 6.73. The van der Waals surface area contributed by atoms with E-state index in [1.807, 2.05) is 0 Å². The molecule has 218 valence electrons. The van der Waals surface area contributed by atoms with Crippen LogP contribution in [-0.2, 0) is 14.3 Å². The molecule has 5 atom stereocenters. The number of fused-ring (bicyclic) bond motifs is 3. The van der Waals surface area contributed by atoms with E-state index >= 15 is 0 Å². The van der Waals surface area contributed by atoms with Crippen molar-refractivity contribution in [3.8, 4) is 11.5 Å². The molecule has 1 saturated heterocycles. The molecule has 2 amide bonds. The van der Waals surface area contributed by atoms with Crippen molar-refractivity contribution in [2.45, 2.75) is 81.6 Å². The van der Waals surface area contributed by atoms with E-state index in [2.05, 4.69) is 5.32 Å². The number of carbonyl (C=O) groups is 3. The third-order valence-corrected chi connectivity index (χ3v) is 8.76. The van der Waals surface area contributed by atoms with E-state index < -0.39 is 30.1 Å². The van der Waals surface area contributed by atoms with E-state index in [9.17, 15) is 24.6 Å². The van der Waals surface area contributed by atoms with E-state index in [0.29, 0.717) is 60.0 Å². The lowest BCUT2D eigenvalue weighted by atomic mass is 9.77. The van der Waals surface area contributed by atoms with Crippen molar-refractivity contribution >= 4 is 18.1 Å². The second-order valence-corrected chi connectivity index (χ2v) is 11.3. The summed E-state index contributed by atoms with van der Waals surface area (Å²) in [5.74, 6) is 0.0400. The highest BCUT2D eigenvalue weighted by molar-refractivity contribution is 5.96. The number of hydrogen-bond acceptors (Lipinski definition) is 8. The second-order valence-electron chi connectivity index (χ2n) is 11.3. The number of methoxy groups -OCH3 is 1. The Balaban J connectivity index is 1.51. The molecule has 0 unspecified atom stereocenters. The lowest BCUT2D eigenvalue weighted by Crippen LogP contribution is -2.57. The van der Waals surface area contributed by atoms with Gasteiger partial charge in [0.15, 0.2) is 11.5 Å². The zero-order valence-corrected chi connectivity index (χ0v) is 23.0. The van der Waals surface area contributed by atoms with Crippen LogP contribution in [0.1, 0.15) is 73.2 Å². The number of ether oxygens (including phenoxy) is 3. The van der Waals surface area contributed by atoms with Crippen LogP contribution in [0.4, 0.5) is 0 Å². The SMILES string of the molecule is COc1cc(C=O)cc2c1O[C@@H]1[C@@H](O)[C@H](N(C[C@@H]3CCCO3)C(=O)CCC3CCCC3)C=C(C(=O)NCCO)[C@H]21. The number of aliphatic hydroxyl groups excluding tert-OH is 2. The lowest BCUT2D eigenvalue weighted by Gasteiger charge is -2.41. The van der Waals surface area contributed by atoms with Crippen LogP contribution in [0.5, 0.6) is 11.5 Å². The Morgan fingerprint density at radius 3 is 2.67 bits per heavy atom. The summed E-state index contributed by atoms with van der Waals surface area (Å²) >= 11 is 0. The standard InChI is InChI=1S/C30H40N2O8/c1-38-24-14-19(17-34)13-21-26-22(30(37)31-10-11-33)15-23(27(36)29(26)40-28(21)24)32(16-20-7-4-12-39-20)25(35)9-8-18-5-2-3-6-18/h13-15,17-18,20,23,26-27,29,33,36H,2-12,16H2,1H3,(H,31,37)/t20-,23+,26-,27-,29-/m0/s1. The maximum absolute atomic E-state index is 13.8. The summed E-state index contributed by atoms with van der Waals surface area (Å²) < 4.78 is 17.6. The largest absolute Gasteiger partial charge is 0.493 e. The maximum Gasteiger partial charge on any atom is 0.247 e. The van der Waals surface area contributed by atoms with Crippen molar-refractivity contribution in [1.29, 1.82) is 0 Å². The number of aliphatic hydroxyl groups is 2. The summed E-state index contributed by atoms with van der Waals surface area (Å²) in [6.07, 6.45) is 7.77. The summed E-state index contributed by atoms with van der Waals surface area (Å²) in [6, 6.07) is 2.38. The fraction of sp³-hybridized carbons (Fsp3) is 0.633. The average Bonchev–Trinajstić information content (AvgIpc) is 3.75. The summed E-state index contributed by atoms with van der Waals surface area (Å²) in [6.45, 7) is 0.761. The Labute approximate surface area is 234 Å². The summed E-state index contributed by atoms with van der Waals surface area (Å²) in [4.78, 5) is 40.6. The van der Waals surface area contributed by atoms with Crippen molar-refractivity contribution < 1.29 is 38.8 Å². The van der Waals surface area contributed by atoms with Crippen LogP contribution in [0, 0.1) is 5.92 Å². The fourth-order valence-corrected chi connectivity index (χ4v) is 6.73. The third-order valence-electron chi connectivity index (χ3n) is 8.76. The van der Waals surface area contributed by atoms with E-state index in [1.54, 1.807) is 23.1 Å². The summed E-state index contributed by atoms with van der Waals surface area (Å²) in [7, 11) is 1.46. The average molecular weight is 557 g/mol. The summed E-state index contributed by atoms with van der Waals surface area (Å²) in [5.41, 5.74) is 1.24. The number of amides is 2. The van der Waals surface area contributed by atoms with Gasteiger partial charge in [0, 0.05) is 42.8 Å². The highest BCUT2D eigenvalue weighted by Gasteiger charge is 2.51.